The molecule has 0 fully saturated rings. The van der Waals surface area contributed by atoms with Gasteiger partial charge < -0.3 is 10.1 Å². The number of pyridine rings is 2. The minimum atomic E-state index is -4.09. The minimum Gasteiger partial charge on any atom is -0.444 e. The predicted octanol–water partition coefficient (Wildman–Crippen LogP) is 5.98. The van der Waals surface area contributed by atoms with Crippen LogP contribution < -0.4 is 5.32 Å². The van der Waals surface area contributed by atoms with E-state index in [-0.39, 0.29) is 44.3 Å². The molecule has 12 heteroatoms. The maximum absolute atomic E-state index is 16.4. The average molecular weight is 623 g/mol. The first-order valence-corrected chi connectivity index (χ1v) is 15.1. The summed E-state index contributed by atoms with van der Waals surface area (Å²) in [6.07, 6.45) is 9.25. The molecule has 3 heterocycles. The number of rotatable bonds is 7. The Hall–Kier alpha value is -4.35. The van der Waals surface area contributed by atoms with Crippen molar-refractivity contribution in [1.82, 2.24) is 19.3 Å². The van der Waals surface area contributed by atoms with Gasteiger partial charge in [0.2, 0.25) is 0 Å². The van der Waals surface area contributed by atoms with E-state index in [1.165, 1.54) is 55.0 Å². The monoisotopic (exact) mass is 622 g/mol. The first kappa shape index (κ1) is 30.1. The summed E-state index contributed by atoms with van der Waals surface area (Å²) >= 11 is 6.16. The van der Waals surface area contributed by atoms with Crippen LogP contribution >= 0.6 is 11.6 Å². The van der Waals surface area contributed by atoms with Crippen LogP contribution in [0, 0.1) is 5.92 Å². The Morgan fingerprint density at radius 3 is 2.51 bits per heavy atom. The van der Waals surface area contributed by atoms with Crippen molar-refractivity contribution in [1.29, 1.82) is 0 Å². The first-order valence-electron chi connectivity index (χ1n) is 13.3. The van der Waals surface area contributed by atoms with Crippen molar-refractivity contribution in [3.63, 3.8) is 0 Å². The van der Waals surface area contributed by atoms with Crippen LogP contribution in [0.5, 0.6) is 0 Å². The van der Waals surface area contributed by atoms with Crippen LogP contribution in [0.4, 0.5) is 9.18 Å². The molecule has 1 amide bonds. The number of hydrogen-bond acceptors (Lipinski definition) is 7. The van der Waals surface area contributed by atoms with Gasteiger partial charge in [-0.2, -0.15) is 0 Å². The molecule has 2 atom stereocenters. The van der Waals surface area contributed by atoms with Gasteiger partial charge in [0.25, 0.3) is 10.0 Å². The molecule has 2 unspecified atom stereocenters. The molecule has 0 spiro atoms. The summed E-state index contributed by atoms with van der Waals surface area (Å²) in [5, 5.41) is 3.04. The van der Waals surface area contributed by atoms with Crippen LogP contribution in [0.25, 0.3) is 11.0 Å². The van der Waals surface area contributed by atoms with E-state index in [1.54, 1.807) is 57.2 Å². The molecular weight excluding hydrogens is 595 g/mol. The SMILES string of the molecule is CC(C)(C)OC(=O)NCC1C=CC=CC1(F)c1ccc(C(=O)c2cn(S(=O)(=O)c3ccccc3)c3ncc(Cl)cc23)cn1. The highest BCUT2D eigenvalue weighted by molar-refractivity contribution is 7.90. The summed E-state index contributed by atoms with van der Waals surface area (Å²) in [7, 11) is -4.09. The summed E-state index contributed by atoms with van der Waals surface area (Å²) in [6.45, 7) is 5.13. The summed E-state index contributed by atoms with van der Waals surface area (Å²) in [6, 6.07) is 12.0. The number of carbonyl (C=O) groups excluding carboxylic acids is 2. The largest absolute Gasteiger partial charge is 0.444 e. The molecule has 0 radical (unpaired) electrons. The number of carbonyl (C=O) groups is 2. The number of allylic oxidation sites excluding steroid dienone is 3. The lowest BCUT2D eigenvalue weighted by atomic mass is 9.82. The third-order valence-corrected chi connectivity index (χ3v) is 8.61. The number of halogens is 2. The third kappa shape index (κ3) is 6.09. The highest BCUT2D eigenvalue weighted by Gasteiger charge is 2.40. The number of fused-ring (bicyclic) bond motifs is 1. The molecular formula is C31H28ClFN4O5S. The van der Waals surface area contributed by atoms with Gasteiger partial charge in [0, 0.05) is 42.0 Å². The summed E-state index contributed by atoms with van der Waals surface area (Å²) in [5.41, 5.74) is -2.59. The van der Waals surface area contributed by atoms with Crippen LogP contribution in [-0.2, 0) is 20.4 Å². The minimum absolute atomic E-state index is 0.0206. The summed E-state index contributed by atoms with van der Waals surface area (Å²) < 4.78 is 49.5. The van der Waals surface area contributed by atoms with Gasteiger partial charge in [-0.3, -0.25) is 9.78 Å². The fourth-order valence-corrected chi connectivity index (χ4v) is 6.19. The van der Waals surface area contributed by atoms with E-state index >= 15 is 4.39 Å². The van der Waals surface area contributed by atoms with Crippen LogP contribution in [0.15, 0.2) is 96.3 Å². The number of ketones is 1. The Morgan fingerprint density at radius 2 is 1.84 bits per heavy atom. The second kappa shape index (κ2) is 11.4. The molecule has 222 valence electrons. The van der Waals surface area contributed by atoms with Crippen molar-refractivity contribution < 1.29 is 27.1 Å². The molecule has 0 saturated carbocycles. The van der Waals surface area contributed by atoms with E-state index < -0.39 is 39.1 Å². The Morgan fingerprint density at radius 1 is 1.09 bits per heavy atom. The maximum atomic E-state index is 16.4. The number of amides is 1. The van der Waals surface area contributed by atoms with E-state index in [2.05, 4.69) is 15.3 Å². The number of nitrogens with one attached hydrogen (secondary N) is 1. The number of aromatic nitrogens is 3. The highest BCUT2D eigenvalue weighted by atomic mass is 35.5. The van der Waals surface area contributed by atoms with Crippen LogP contribution in [0.2, 0.25) is 5.02 Å². The molecule has 1 aromatic carbocycles. The van der Waals surface area contributed by atoms with E-state index in [0.29, 0.717) is 0 Å². The Labute approximate surface area is 253 Å². The Kier molecular flexibility index (Phi) is 7.97. The molecule has 4 aromatic rings. The second-order valence-electron chi connectivity index (χ2n) is 10.9. The summed E-state index contributed by atoms with van der Waals surface area (Å²) in [5.74, 6) is -1.35. The summed E-state index contributed by atoms with van der Waals surface area (Å²) in [4.78, 5) is 34.3. The van der Waals surface area contributed by atoms with E-state index in [9.17, 15) is 18.0 Å². The number of hydrogen-bond donors (Lipinski definition) is 1. The fraction of sp³-hybridized carbons (Fsp3) is 0.226. The standard InChI is InChI=1S/C31H28ClFN4O5S/c1-30(2,3)42-29(39)36-17-21-9-7-8-14-31(21,33)26-13-12-20(16-34-26)27(38)25-19-37(28-24(25)15-22(32)18-35-28)43(40,41)23-10-5-4-6-11-23/h4-16,18-19,21H,17H2,1-3H3,(H,36,39). The lowest BCUT2D eigenvalue weighted by molar-refractivity contribution is 0.0502. The van der Waals surface area contributed by atoms with Crippen LogP contribution in [0.1, 0.15) is 42.4 Å². The van der Waals surface area contributed by atoms with Crippen molar-refractivity contribution in [3.8, 4) is 0 Å². The molecule has 0 aliphatic heterocycles. The number of benzene rings is 1. The second-order valence-corrected chi connectivity index (χ2v) is 13.2. The predicted molar refractivity (Wildman–Crippen MR) is 160 cm³/mol. The number of alkyl carbamates (subject to hydrolysis) is 1. The maximum Gasteiger partial charge on any atom is 0.407 e. The van der Waals surface area contributed by atoms with Crippen LogP contribution in [-0.4, -0.2) is 46.4 Å². The smallest absolute Gasteiger partial charge is 0.407 e. The number of alkyl halides is 1. The highest BCUT2D eigenvalue weighted by Crippen LogP contribution is 2.38. The zero-order chi connectivity index (χ0) is 31.0. The molecule has 1 aliphatic rings. The van der Waals surface area contributed by atoms with Gasteiger partial charge in [-0.1, -0.05) is 48.0 Å². The number of ether oxygens (including phenoxy) is 1. The zero-order valence-electron chi connectivity index (χ0n) is 23.5. The Balaban J connectivity index is 1.45. The molecule has 1 aliphatic carbocycles. The lowest BCUT2D eigenvalue weighted by Crippen LogP contribution is -2.41. The molecule has 0 bridgehead atoms. The molecule has 1 N–H and O–H groups in total. The number of nitrogens with zero attached hydrogens (tertiary/aromatic N) is 3. The third-order valence-electron chi connectivity index (χ3n) is 6.74. The van der Waals surface area contributed by atoms with Crippen molar-refractivity contribution in [2.45, 2.75) is 36.9 Å². The van der Waals surface area contributed by atoms with Gasteiger partial charge in [0.05, 0.1) is 21.2 Å². The molecule has 0 saturated heterocycles. The van der Waals surface area contributed by atoms with Crippen molar-refractivity contribution in [2.24, 2.45) is 5.92 Å². The normalized spacial score (nSPS) is 18.5. The van der Waals surface area contributed by atoms with E-state index in [0.717, 1.165) is 3.97 Å². The first-order chi connectivity index (χ1) is 20.3. The van der Waals surface area contributed by atoms with Gasteiger partial charge in [-0.25, -0.2) is 26.6 Å². The quantitative estimate of drug-likeness (QED) is 0.252. The van der Waals surface area contributed by atoms with Crippen molar-refractivity contribution in [3.05, 3.63) is 113 Å². The molecule has 3 aromatic heterocycles. The van der Waals surface area contributed by atoms with Gasteiger partial charge in [-0.05, 0) is 57.2 Å². The lowest BCUT2D eigenvalue weighted by Gasteiger charge is -2.31. The van der Waals surface area contributed by atoms with Crippen molar-refractivity contribution >= 4 is 44.5 Å². The van der Waals surface area contributed by atoms with Gasteiger partial charge >= 0.3 is 6.09 Å². The topological polar surface area (TPSA) is 120 Å². The van der Waals surface area contributed by atoms with Crippen molar-refractivity contribution in [2.75, 3.05) is 6.54 Å². The molecule has 43 heavy (non-hydrogen) atoms. The fourth-order valence-electron chi connectivity index (χ4n) is 4.69. The van der Waals surface area contributed by atoms with Gasteiger partial charge in [-0.15, -0.1) is 0 Å². The van der Waals surface area contributed by atoms with Gasteiger partial charge in [0.15, 0.2) is 17.1 Å². The van der Waals surface area contributed by atoms with Crippen LogP contribution in [0.3, 0.4) is 0 Å². The average Bonchev–Trinajstić information content (AvgIpc) is 3.35. The van der Waals surface area contributed by atoms with E-state index in [4.69, 9.17) is 16.3 Å². The van der Waals surface area contributed by atoms with E-state index in [1.807, 2.05) is 0 Å². The molecule has 5 rings (SSSR count). The Bertz CT molecular complexity index is 1870. The van der Waals surface area contributed by atoms with Gasteiger partial charge in [0.1, 0.15) is 5.60 Å². The molecule has 9 nitrogen and oxygen atoms in total. The zero-order valence-corrected chi connectivity index (χ0v) is 25.1.